The summed E-state index contributed by atoms with van der Waals surface area (Å²) in [5.41, 5.74) is 2.62. The highest BCUT2D eigenvalue weighted by atomic mass is 16.3. The van der Waals surface area contributed by atoms with Crippen LogP contribution in [0.3, 0.4) is 0 Å². The predicted molar refractivity (Wildman–Crippen MR) is 43.7 cm³/mol. The van der Waals surface area contributed by atoms with Crippen molar-refractivity contribution in [2.75, 3.05) is 0 Å². The Balaban J connectivity index is 2.63. The summed E-state index contributed by atoms with van der Waals surface area (Å²) in [5, 5.41) is 23.3. The third-order valence-corrected chi connectivity index (χ3v) is 1.71. The van der Waals surface area contributed by atoms with E-state index >= 15 is 0 Å². The van der Waals surface area contributed by atoms with Crippen LogP contribution in [0.2, 0.25) is 0 Å². The quantitative estimate of drug-likeness (QED) is 0.369. The molecular formula is C6H14N4O2. The first-order chi connectivity index (χ1) is 5.54. The van der Waals surface area contributed by atoms with Gasteiger partial charge in [0.25, 0.3) is 0 Å². The Bertz CT molecular complexity index is 192. The molecule has 0 radical (unpaired) electrons. The van der Waals surface area contributed by atoms with Crippen molar-refractivity contribution in [3.05, 3.63) is 0 Å². The van der Waals surface area contributed by atoms with Crippen molar-refractivity contribution >= 4 is 5.84 Å². The molecule has 0 bridgehead atoms. The van der Waals surface area contributed by atoms with Crippen LogP contribution in [0.4, 0.5) is 0 Å². The molecule has 1 aliphatic rings. The number of hydrogen-bond acceptors (Lipinski definition) is 6. The lowest BCUT2D eigenvalue weighted by Gasteiger charge is -2.24. The zero-order valence-corrected chi connectivity index (χ0v) is 7.10. The van der Waals surface area contributed by atoms with Crippen LogP contribution in [0.5, 0.6) is 0 Å². The molecule has 70 valence electrons. The summed E-state index contributed by atoms with van der Waals surface area (Å²) in [6.07, 6.45) is -1.82. The van der Waals surface area contributed by atoms with E-state index in [-0.39, 0.29) is 0 Å². The Morgan fingerprint density at radius 1 is 1.58 bits per heavy atom. The minimum absolute atomic E-state index is 0.334. The van der Waals surface area contributed by atoms with Gasteiger partial charge in [-0.3, -0.25) is 10.4 Å². The van der Waals surface area contributed by atoms with Crippen molar-refractivity contribution in [1.29, 1.82) is 0 Å². The van der Waals surface area contributed by atoms with Crippen molar-refractivity contribution in [3.63, 3.8) is 0 Å². The van der Waals surface area contributed by atoms with Gasteiger partial charge in [0, 0.05) is 0 Å². The molecule has 1 unspecified atom stereocenters. The highest BCUT2D eigenvalue weighted by Crippen LogP contribution is 2.07. The maximum absolute atomic E-state index is 9.18. The Kier molecular flexibility index (Phi) is 2.51. The molecule has 1 aliphatic heterocycles. The second-order valence-electron chi connectivity index (χ2n) is 2.87. The third-order valence-electron chi connectivity index (χ3n) is 1.71. The summed E-state index contributed by atoms with van der Waals surface area (Å²) >= 11 is 0. The highest BCUT2D eigenvalue weighted by molar-refractivity contribution is 5.86. The fourth-order valence-electron chi connectivity index (χ4n) is 1.04. The molecule has 3 atom stereocenters. The van der Waals surface area contributed by atoms with Gasteiger partial charge < -0.3 is 10.2 Å². The highest BCUT2D eigenvalue weighted by Gasteiger charge is 2.30. The van der Waals surface area contributed by atoms with Crippen LogP contribution in [0.1, 0.15) is 13.8 Å². The number of hydrazone groups is 1. The first-order valence-corrected chi connectivity index (χ1v) is 3.77. The smallest absolute Gasteiger partial charge is 0.169 e. The molecule has 0 aromatic heterocycles. The van der Waals surface area contributed by atoms with E-state index in [9.17, 15) is 5.11 Å². The zero-order chi connectivity index (χ0) is 9.30. The van der Waals surface area contributed by atoms with Gasteiger partial charge >= 0.3 is 0 Å². The van der Waals surface area contributed by atoms with Gasteiger partial charge in [0.2, 0.25) is 0 Å². The summed E-state index contributed by atoms with van der Waals surface area (Å²) in [6, 6.07) is 0. The van der Waals surface area contributed by atoms with Crippen molar-refractivity contribution < 1.29 is 10.2 Å². The monoisotopic (exact) mass is 174 g/mol. The first-order valence-electron chi connectivity index (χ1n) is 3.77. The van der Waals surface area contributed by atoms with E-state index in [1.54, 1.807) is 13.8 Å². The second-order valence-corrected chi connectivity index (χ2v) is 2.87. The van der Waals surface area contributed by atoms with Crippen LogP contribution in [0.15, 0.2) is 5.10 Å². The Morgan fingerprint density at radius 2 is 2.17 bits per heavy atom. The van der Waals surface area contributed by atoms with Crippen LogP contribution in [0, 0.1) is 0 Å². The van der Waals surface area contributed by atoms with Crippen LogP contribution in [-0.4, -0.2) is 39.4 Å². The van der Waals surface area contributed by atoms with Gasteiger partial charge in [-0.15, -0.1) is 0 Å². The molecule has 0 spiro atoms. The van der Waals surface area contributed by atoms with Crippen molar-refractivity contribution in [3.8, 4) is 0 Å². The van der Waals surface area contributed by atoms with Gasteiger partial charge in [-0.05, 0) is 13.8 Å². The topological polar surface area (TPSA) is 94.1 Å². The van der Waals surface area contributed by atoms with E-state index < -0.39 is 18.4 Å². The maximum atomic E-state index is 9.18. The third kappa shape index (κ3) is 1.50. The number of hydrazine groups is 1. The summed E-state index contributed by atoms with van der Waals surface area (Å²) in [6.45, 7) is 3.16. The van der Waals surface area contributed by atoms with E-state index in [4.69, 9.17) is 10.9 Å². The van der Waals surface area contributed by atoms with E-state index in [0.717, 1.165) is 0 Å². The number of rotatable bonds is 2. The molecule has 0 fully saturated rings. The van der Waals surface area contributed by atoms with Crippen LogP contribution in [-0.2, 0) is 0 Å². The minimum Gasteiger partial charge on any atom is -0.389 e. The normalized spacial score (nSPS) is 27.9. The van der Waals surface area contributed by atoms with Gasteiger partial charge in [0.05, 0.1) is 6.10 Å². The Hall–Kier alpha value is -0.850. The molecule has 0 aliphatic carbocycles. The maximum Gasteiger partial charge on any atom is 0.169 e. The SMILES string of the molecule is C[C@H](O)C1=NNC([C@H](C)O)N1N. The van der Waals surface area contributed by atoms with Crippen LogP contribution >= 0.6 is 0 Å². The summed E-state index contributed by atoms with van der Waals surface area (Å²) < 4.78 is 0. The van der Waals surface area contributed by atoms with Gasteiger partial charge in [0.1, 0.15) is 6.10 Å². The van der Waals surface area contributed by atoms with Crippen molar-refractivity contribution in [1.82, 2.24) is 10.4 Å². The van der Waals surface area contributed by atoms with E-state index in [1.165, 1.54) is 5.01 Å². The predicted octanol–water partition coefficient (Wildman–Crippen LogP) is -1.83. The fraction of sp³-hybridized carbons (Fsp3) is 0.833. The average Bonchev–Trinajstić information content (AvgIpc) is 2.30. The zero-order valence-electron chi connectivity index (χ0n) is 7.10. The molecule has 0 saturated carbocycles. The second kappa shape index (κ2) is 3.26. The fourth-order valence-corrected chi connectivity index (χ4v) is 1.04. The molecule has 0 saturated heterocycles. The van der Waals surface area contributed by atoms with Crippen molar-refractivity contribution in [2.45, 2.75) is 32.2 Å². The number of hydrogen-bond donors (Lipinski definition) is 4. The van der Waals surface area contributed by atoms with E-state index in [2.05, 4.69) is 10.5 Å². The van der Waals surface area contributed by atoms with Crippen molar-refractivity contribution in [2.24, 2.45) is 10.9 Å². The Morgan fingerprint density at radius 3 is 2.42 bits per heavy atom. The molecule has 6 nitrogen and oxygen atoms in total. The molecule has 1 rings (SSSR count). The number of amidine groups is 1. The molecule has 0 amide bonds. The number of aliphatic hydroxyl groups is 2. The molecular weight excluding hydrogens is 160 g/mol. The van der Waals surface area contributed by atoms with E-state index in [0.29, 0.717) is 5.84 Å². The number of nitrogens with zero attached hydrogens (tertiary/aromatic N) is 2. The van der Waals surface area contributed by atoms with Gasteiger partial charge in [-0.1, -0.05) is 0 Å². The average molecular weight is 174 g/mol. The number of aliphatic hydroxyl groups excluding tert-OH is 2. The molecule has 0 aromatic carbocycles. The first kappa shape index (κ1) is 9.24. The largest absolute Gasteiger partial charge is 0.389 e. The summed E-state index contributed by atoms with van der Waals surface area (Å²) in [4.78, 5) is 0. The standard InChI is InChI=1S/C6H14N4O2/c1-3(11)5-8-9-6(4(2)12)10(5)7/h3-5,8,11-12H,7H2,1-2H3/t3-,4-,5?/m0/s1. The van der Waals surface area contributed by atoms with Crippen LogP contribution in [0.25, 0.3) is 0 Å². The lowest BCUT2D eigenvalue weighted by Crippen LogP contribution is -2.52. The molecule has 12 heavy (non-hydrogen) atoms. The summed E-state index contributed by atoms with van der Waals surface area (Å²) in [7, 11) is 0. The lowest BCUT2D eigenvalue weighted by atomic mass is 10.3. The summed E-state index contributed by atoms with van der Waals surface area (Å²) in [5.74, 6) is 5.88. The van der Waals surface area contributed by atoms with Gasteiger partial charge in [-0.2, -0.15) is 5.10 Å². The van der Waals surface area contributed by atoms with Crippen LogP contribution < -0.4 is 11.3 Å². The van der Waals surface area contributed by atoms with Gasteiger partial charge in [0.15, 0.2) is 12.0 Å². The molecule has 1 heterocycles. The Labute approximate surface area is 70.6 Å². The number of nitrogens with two attached hydrogens (primary N) is 1. The minimum atomic E-state index is -0.730. The molecule has 5 N–H and O–H groups in total. The van der Waals surface area contributed by atoms with Gasteiger partial charge in [-0.25, -0.2) is 5.84 Å². The molecule has 6 heteroatoms. The van der Waals surface area contributed by atoms with E-state index in [1.807, 2.05) is 0 Å². The number of nitrogens with one attached hydrogen (secondary N) is 1. The molecule has 0 aromatic rings. The lowest BCUT2D eigenvalue weighted by molar-refractivity contribution is 0.0871.